The number of aliphatic hydroxyl groups excluding tert-OH is 2. The van der Waals surface area contributed by atoms with Crippen LogP contribution in [0.1, 0.15) is 0 Å². The van der Waals surface area contributed by atoms with Crippen LogP contribution in [0.25, 0.3) is 0 Å². The van der Waals surface area contributed by atoms with Gasteiger partial charge in [0.25, 0.3) is 0 Å². The highest BCUT2D eigenvalue weighted by molar-refractivity contribution is 4.46. The lowest BCUT2D eigenvalue weighted by Crippen LogP contribution is -2.16. The molecule has 37 heteroatoms. The summed E-state index contributed by atoms with van der Waals surface area (Å²) in [6.45, 7) is 33.4. The predicted molar refractivity (Wildman–Crippen MR) is 393 cm³/mol. The van der Waals surface area contributed by atoms with Crippen LogP contribution in [-0.2, 0) is 166 Å². The lowest BCUT2D eigenvalue weighted by Gasteiger charge is -2.09. The molecular formula is C72H146O37. The first-order valence-electron chi connectivity index (χ1n) is 38.8. The summed E-state index contributed by atoms with van der Waals surface area (Å²) in [5.74, 6) is 0. The van der Waals surface area contributed by atoms with Gasteiger partial charge in [0.15, 0.2) is 0 Å². The van der Waals surface area contributed by atoms with E-state index in [2.05, 4.69) is 0 Å². The Hall–Kier alpha value is -1.48. The lowest BCUT2D eigenvalue weighted by atomic mass is 10.6. The van der Waals surface area contributed by atoms with E-state index >= 15 is 0 Å². The summed E-state index contributed by atoms with van der Waals surface area (Å²) in [6, 6.07) is 0. The molecule has 0 rings (SSSR count). The van der Waals surface area contributed by atoms with E-state index in [0.717, 1.165) is 0 Å². The zero-order valence-corrected chi connectivity index (χ0v) is 66.1. The van der Waals surface area contributed by atoms with Crippen LogP contribution in [-0.4, -0.2) is 486 Å². The van der Waals surface area contributed by atoms with Crippen molar-refractivity contribution in [3.05, 3.63) is 0 Å². The van der Waals surface area contributed by atoms with Gasteiger partial charge in [-0.05, 0) is 0 Å². The van der Waals surface area contributed by atoms with Gasteiger partial charge in [-0.3, -0.25) is 0 Å². The maximum absolute atomic E-state index is 8.62. The van der Waals surface area contributed by atoms with Crippen molar-refractivity contribution in [3.8, 4) is 0 Å². The van der Waals surface area contributed by atoms with E-state index in [-0.39, 0.29) is 13.2 Å². The largest absolute Gasteiger partial charge is 0.394 e. The number of hydrogen-bond donors (Lipinski definition) is 2. The molecular weight excluding hydrogens is 1460 g/mol. The fourth-order valence-corrected chi connectivity index (χ4v) is 7.71. The Balaban J connectivity index is 3.09. The standard InChI is InChI=1S/C72H146O37/c73-1-3-75-5-7-77-9-11-79-13-15-81-17-19-83-21-23-85-25-27-87-29-31-89-33-35-91-37-39-93-41-43-95-45-47-97-49-51-99-53-55-101-57-59-103-61-63-105-65-67-107-69-71-109-72-70-108-68-66-106-64-62-104-60-58-102-56-54-100-52-50-98-48-46-96-44-42-94-40-38-92-36-34-90-32-30-88-28-26-86-24-22-84-20-18-82-16-14-80-12-10-78-8-6-76-4-2-74/h73-74H,1-72H2. The summed E-state index contributed by atoms with van der Waals surface area (Å²) >= 11 is 0. The molecule has 0 spiro atoms. The van der Waals surface area contributed by atoms with E-state index in [1.807, 2.05) is 0 Å². The van der Waals surface area contributed by atoms with Gasteiger partial charge >= 0.3 is 0 Å². The maximum Gasteiger partial charge on any atom is 0.0701 e. The minimum absolute atomic E-state index is 0.0153. The van der Waals surface area contributed by atoms with Gasteiger partial charge < -0.3 is 176 Å². The Morgan fingerprint density at radius 2 is 0.101 bits per heavy atom. The molecule has 0 heterocycles. The van der Waals surface area contributed by atoms with Crippen molar-refractivity contribution in [2.75, 3.05) is 476 Å². The first-order chi connectivity index (χ1) is 54.4. The third kappa shape index (κ3) is 107. The summed E-state index contributed by atoms with van der Waals surface area (Å²) in [5, 5.41) is 17.2. The fraction of sp³-hybridized carbons (Fsp3) is 1.00. The van der Waals surface area contributed by atoms with Crippen LogP contribution < -0.4 is 0 Å². The monoisotopic (exact) mass is 1600 g/mol. The molecule has 0 aromatic carbocycles. The van der Waals surface area contributed by atoms with Gasteiger partial charge in [-0.1, -0.05) is 0 Å². The molecule has 0 saturated heterocycles. The van der Waals surface area contributed by atoms with E-state index in [9.17, 15) is 0 Å². The highest BCUT2D eigenvalue weighted by Gasteiger charge is 2.04. The molecule has 0 atom stereocenters. The molecule has 0 aliphatic carbocycles. The van der Waals surface area contributed by atoms with Crippen molar-refractivity contribution in [2.45, 2.75) is 0 Å². The molecule has 0 bridgehead atoms. The molecule has 109 heavy (non-hydrogen) atoms. The van der Waals surface area contributed by atoms with Crippen LogP contribution in [0.4, 0.5) is 0 Å². The molecule has 0 aliphatic heterocycles. The molecule has 0 aromatic heterocycles. The molecule has 0 aromatic rings. The van der Waals surface area contributed by atoms with Gasteiger partial charge in [-0.25, -0.2) is 0 Å². The van der Waals surface area contributed by atoms with Crippen LogP contribution in [0.3, 0.4) is 0 Å². The first kappa shape index (κ1) is 108. The first-order valence-corrected chi connectivity index (χ1v) is 38.8. The number of aliphatic hydroxyl groups is 2. The molecule has 0 fully saturated rings. The van der Waals surface area contributed by atoms with Crippen LogP contribution in [0, 0.1) is 0 Å². The second-order valence-corrected chi connectivity index (χ2v) is 21.9. The molecule has 0 aliphatic rings. The molecule has 656 valence electrons. The van der Waals surface area contributed by atoms with Gasteiger partial charge in [0.1, 0.15) is 0 Å². The fourth-order valence-electron chi connectivity index (χ4n) is 7.71. The average molecular weight is 1600 g/mol. The van der Waals surface area contributed by atoms with Crippen molar-refractivity contribution in [1.29, 1.82) is 0 Å². The van der Waals surface area contributed by atoms with E-state index < -0.39 is 0 Å². The van der Waals surface area contributed by atoms with Gasteiger partial charge in [-0.15, -0.1) is 0 Å². The summed E-state index contributed by atoms with van der Waals surface area (Å²) in [6.07, 6.45) is 0. The molecule has 37 nitrogen and oxygen atoms in total. The van der Waals surface area contributed by atoms with Gasteiger partial charge in [-0.2, -0.15) is 0 Å². The molecule has 0 radical (unpaired) electrons. The van der Waals surface area contributed by atoms with Gasteiger partial charge in [0.2, 0.25) is 0 Å². The van der Waals surface area contributed by atoms with Crippen molar-refractivity contribution < 1.29 is 176 Å². The van der Waals surface area contributed by atoms with Gasteiger partial charge in [0.05, 0.1) is 476 Å². The van der Waals surface area contributed by atoms with Crippen molar-refractivity contribution in [3.63, 3.8) is 0 Å². The lowest BCUT2D eigenvalue weighted by molar-refractivity contribution is -0.0327. The van der Waals surface area contributed by atoms with E-state index in [0.29, 0.717) is 462 Å². The van der Waals surface area contributed by atoms with Crippen molar-refractivity contribution >= 4 is 0 Å². The molecule has 0 saturated carbocycles. The van der Waals surface area contributed by atoms with Crippen LogP contribution in [0.5, 0.6) is 0 Å². The zero-order chi connectivity index (χ0) is 77.7. The Kier molecular flexibility index (Phi) is 105. The van der Waals surface area contributed by atoms with E-state index in [1.165, 1.54) is 0 Å². The van der Waals surface area contributed by atoms with Crippen molar-refractivity contribution in [2.24, 2.45) is 0 Å². The van der Waals surface area contributed by atoms with Crippen LogP contribution in [0.2, 0.25) is 0 Å². The number of hydrogen-bond acceptors (Lipinski definition) is 37. The van der Waals surface area contributed by atoms with E-state index in [4.69, 9.17) is 176 Å². The third-order valence-electron chi connectivity index (χ3n) is 13.1. The summed E-state index contributed by atoms with van der Waals surface area (Å²) < 4.78 is 192. The van der Waals surface area contributed by atoms with Crippen LogP contribution >= 0.6 is 0 Å². The maximum atomic E-state index is 8.62. The zero-order valence-electron chi connectivity index (χ0n) is 66.1. The minimum Gasteiger partial charge on any atom is -0.394 e. The normalized spacial score (nSPS) is 11.8. The topological polar surface area (TPSA) is 364 Å². The number of ether oxygens (including phenoxy) is 35. The van der Waals surface area contributed by atoms with E-state index in [1.54, 1.807) is 0 Å². The molecule has 0 amide bonds. The Morgan fingerprint density at radius 3 is 0.138 bits per heavy atom. The SMILES string of the molecule is OCCOCCOCCOCCOCCOCCOCCOCCOCCOCCOCCOCCOCCOCCOCCOCCOCCOCCOCCOCCOCCOCCOCCOCCOCCOCCOCCOCCOCCOCCOCCOCCOCCOCCOCCOCCO. The second kappa shape index (κ2) is 107. The Labute approximate surface area is 649 Å². The summed E-state index contributed by atoms with van der Waals surface area (Å²) in [5.41, 5.74) is 0. The highest BCUT2D eigenvalue weighted by atomic mass is 16.6. The average Bonchev–Trinajstić information content (AvgIpc) is 3.88. The summed E-state index contributed by atoms with van der Waals surface area (Å²) in [4.78, 5) is 0. The second-order valence-electron chi connectivity index (χ2n) is 21.9. The quantitative estimate of drug-likeness (QED) is 0.0728. The Bertz CT molecular complexity index is 1420. The Morgan fingerprint density at radius 1 is 0.0642 bits per heavy atom. The smallest absolute Gasteiger partial charge is 0.0701 e. The third-order valence-corrected chi connectivity index (χ3v) is 13.1. The van der Waals surface area contributed by atoms with Gasteiger partial charge in [0, 0.05) is 0 Å². The highest BCUT2D eigenvalue weighted by Crippen LogP contribution is 1.94. The number of rotatable bonds is 106. The molecule has 0 unspecified atom stereocenters. The predicted octanol–water partition coefficient (Wildman–Crippen LogP) is -0.448. The minimum atomic E-state index is 0.0153. The van der Waals surface area contributed by atoms with Crippen LogP contribution in [0.15, 0.2) is 0 Å². The van der Waals surface area contributed by atoms with Crippen molar-refractivity contribution in [1.82, 2.24) is 0 Å². The molecule has 2 N–H and O–H groups in total. The summed E-state index contributed by atoms with van der Waals surface area (Å²) in [7, 11) is 0.